The first kappa shape index (κ1) is 11.6. The van der Waals surface area contributed by atoms with Gasteiger partial charge in [-0.05, 0) is 17.6 Å². The minimum Gasteiger partial charge on any atom is -0.423 e. The molecule has 3 N–H and O–H groups in total. The van der Waals surface area contributed by atoms with Gasteiger partial charge in [-0.2, -0.15) is 0 Å². The molecule has 0 saturated heterocycles. The van der Waals surface area contributed by atoms with Gasteiger partial charge in [0.2, 0.25) is 0 Å². The van der Waals surface area contributed by atoms with E-state index in [0.29, 0.717) is 0 Å². The number of benzene rings is 1. The van der Waals surface area contributed by atoms with Gasteiger partial charge in [0.25, 0.3) is 5.91 Å². The van der Waals surface area contributed by atoms with Gasteiger partial charge in [-0.1, -0.05) is 6.07 Å². The highest BCUT2D eigenvalue weighted by atomic mass is 19.1. The highest BCUT2D eigenvalue weighted by Crippen LogP contribution is 2.04. The molecule has 1 rings (SSSR count). The summed E-state index contributed by atoms with van der Waals surface area (Å²) in [6.45, 7) is 0. The summed E-state index contributed by atoms with van der Waals surface area (Å²) in [5.41, 5.74) is 1.64. The topological polar surface area (TPSA) is 78.8 Å². The Bertz CT molecular complexity index is 372. The molecular formula is C8H9BFNO4. The fraction of sp³-hybridized carbons (Fsp3) is 0.125. The lowest BCUT2D eigenvalue weighted by Crippen LogP contribution is -2.32. The van der Waals surface area contributed by atoms with Gasteiger partial charge >= 0.3 is 7.12 Å². The van der Waals surface area contributed by atoms with Crippen LogP contribution in [0, 0.1) is 5.82 Å². The van der Waals surface area contributed by atoms with Gasteiger partial charge in [-0.15, -0.1) is 0 Å². The molecule has 0 radical (unpaired) electrons. The van der Waals surface area contributed by atoms with Crippen LogP contribution in [0.1, 0.15) is 10.4 Å². The molecule has 80 valence electrons. The molecule has 0 bridgehead atoms. The van der Waals surface area contributed by atoms with Crippen molar-refractivity contribution in [1.82, 2.24) is 5.48 Å². The second kappa shape index (κ2) is 4.88. The molecule has 0 unspecified atom stereocenters. The van der Waals surface area contributed by atoms with E-state index in [-0.39, 0.29) is 11.0 Å². The summed E-state index contributed by atoms with van der Waals surface area (Å²) in [5.74, 6) is -1.56. The maximum absolute atomic E-state index is 13.1. The van der Waals surface area contributed by atoms with Crippen LogP contribution in [-0.4, -0.2) is 30.2 Å². The summed E-state index contributed by atoms with van der Waals surface area (Å²) in [6.07, 6.45) is 0. The summed E-state index contributed by atoms with van der Waals surface area (Å²) < 4.78 is 13.1. The molecule has 0 fully saturated rings. The lowest BCUT2D eigenvalue weighted by molar-refractivity contribution is 0.0533. The van der Waals surface area contributed by atoms with Crippen LogP contribution in [0.5, 0.6) is 0 Å². The SMILES string of the molecule is CONC(=O)c1cc(B(O)O)ccc1F. The number of hydroxylamine groups is 1. The van der Waals surface area contributed by atoms with Crippen molar-refractivity contribution >= 4 is 18.5 Å². The number of carbonyl (C=O) groups is 1. The maximum atomic E-state index is 13.1. The predicted molar refractivity (Wildman–Crippen MR) is 50.7 cm³/mol. The number of rotatable bonds is 3. The molecule has 1 aromatic carbocycles. The monoisotopic (exact) mass is 213 g/mol. The van der Waals surface area contributed by atoms with Crippen molar-refractivity contribution < 1.29 is 24.1 Å². The maximum Gasteiger partial charge on any atom is 0.488 e. The third-order valence-electron chi connectivity index (χ3n) is 1.73. The number of amides is 1. The van der Waals surface area contributed by atoms with Crippen LogP contribution in [0.2, 0.25) is 0 Å². The predicted octanol–water partition coefficient (Wildman–Crippen LogP) is -1.20. The van der Waals surface area contributed by atoms with Crippen LogP contribution < -0.4 is 10.9 Å². The van der Waals surface area contributed by atoms with E-state index in [4.69, 9.17) is 10.0 Å². The van der Waals surface area contributed by atoms with Gasteiger partial charge in [0, 0.05) is 0 Å². The van der Waals surface area contributed by atoms with Crippen molar-refractivity contribution in [2.24, 2.45) is 0 Å². The molecule has 15 heavy (non-hydrogen) atoms. The summed E-state index contributed by atoms with van der Waals surface area (Å²) in [6, 6.07) is 3.18. The first-order valence-electron chi connectivity index (χ1n) is 4.05. The number of nitrogens with one attached hydrogen (secondary N) is 1. The zero-order chi connectivity index (χ0) is 11.4. The van der Waals surface area contributed by atoms with E-state index in [1.807, 2.05) is 5.48 Å². The quantitative estimate of drug-likeness (QED) is 0.435. The number of halogens is 1. The molecule has 1 amide bonds. The average molecular weight is 213 g/mol. The second-order valence-corrected chi connectivity index (χ2v) is 2.75. The minimum atomic E-state index is -1.75. The Balaban J connectivity index is 3.05. The van der Waals surface area contributed by atoms with Crippen LogP contribution in [0.3, 0.4) is 0 Å². The zero-order valence-corrected chi connectivity index (χ0v) is 7.90. The highest BCUT2D eigenvalue weighted by Gasteiger charge is 2.17. The van der Waals surface area contributed by atoms with Crippen LogP contribution in [0.4, 0.5) is 4.39 Å². The van der Waals surface area contributed by atoms with Crippen molar-refractivity contribution in [1.29, 1.82) is 0 Å². The molecule has 0 spiro atoms. The third kappa shape index (κ3) is 2.75. The Labute approximate surface area is 85.6 Å². The first-order chi connectivity index (χ1) is 7.06. The van der Waals surface area contributed by atoms with Crippen LogP contribution in [0.15, 0.2) is 18.2 Å². The molecule has 0 heterocycles. The van der Waals surface area contributed by atoms with Crippen molar-refractivity contribution in [3.05, 3.63) is 29.6 Å². The lowest BCUT2D eigenvalue weighted by atomic mass is 9.79. The van der Waals surface area contributed by atoms with Gasteiger partial charge < -0.3 is 10.0 Å². The molecule has 7 heteroatoms. The summed E-state index contributed by atoms with van der Waals surface area (Å²) in [5, 5.41) is 17.6. The van der Waals surface area contributed by atoms with Gasteiger partial charge in [-0.25, -0.2) is 9.87 Å². The third-order valence-corrected chi connectivity index (χ3v) is 1.73. The average Bonchev–Trinajstić information content (AvgIpc) is 2.18. The molecular weight excluding hydrogens is 204 g/mol. The summed E-state index contributed by atoms with van der Waals surface area (Å²) >= 11 is 0. The molecule has 0 saturated carbocycles. The Morgan fingerprint density at radius 2 is 2.20 bits per heavy atom. The van der Waals surface area contributed by atoms with E-state index >= 15 is 0 Å². The number of hydrogen-bond acceptors (Lipinski definition) is 4. The van der Waals surface area contributed by atoms with E-state index in [0.717, 1.165) is 12.1 Å². The number of carbonyl (C=O) groups excluding carboxylic acids is 1. The van der Waals surface area contributed by atoms with Gasteiger partial charge in [0.05, 0.1) is 12.7 Å². The molecule has 5 nitrogen and oxygen atoms in total. The van der Waals surface area contributed by atoms with E-state index < -0.39 is 18.8 Å². The molecule has 1 aromatic rings. The fourth-order valence-corrected chi connectivity index (χ4v) is 1.03. The van der Waals surface area contributed by atoms with Crippen molar-refractivity contribution in [3.63, 3.8) is 0 Å². The number of hydrogen-bond donors (Lipinski definition) is 3. The van der Waals surface area contributed by atoms with Crippen LogP contribution >= 0.6 is 0 Å². The van der Waals surface area contributed by atoms with Crippen LogP contribution in [-0.2, 0) is 4.84 Å². The smallest absolute Gasteiger partial charge is 0.423 e. The second-order valence-electron chi connectivity index (χ2n) is 2.75. The first-order valence-corrected chi connectivity index (χ1v) is 4.05. The zero-order valence-electron chi connectivity index (χ0n) is 7.90. The molecule has 0 aromatic heterocycles. The van der Waals surface area contributed by atoms with Crippen LogP contribution in [0.25, 0.3) is 0 Å². The summed E-state index contributed by atoms with van der Waals surface area (Å²) in [7, 11) is -0.541. The van der Waals surface area contributed by atoms with E-state index in [2.05, 4.69) is 4.84 Å². The van der Waals surface area contributed by atoms with E-state index in [9.17, 15) is 9.18 Å². The molecule has 0 aliphatic heterocycles. The van der Waals surface area contributed by atoms with E-state index in [1.165, 1.54) is 13.2 Å². The van der Waals surface area contributed by atoms with Gasteiger partial charge in [0.1, 0.15) is 5.82 Å². The normalized spacial score (nSPS) is 9.87. The minimum absolute atomic E-state index is 0.0256. The van der Waals surface area contributed by atoms with Crippen molar-refractivity contribution in [2.75, 3.05) is 7.11 Å². The molecule has 0 aliphatic carbocycles. The van der Waals surface area contributed by atoms with Gasteiger partial charge in [0.15, 0.2) is 0 Å². The highest BCUT2D eigenvalue weighted by molar-refractivity contribution is 6.58. The van der Waals surface area contributed by atoms with Gasteiger partial charge in [-0.3, -0.25) is 9.63 Å². The Morgan fingerprint density at radius 1 is 1.53 bits per heavy atom. The Hall–Kier alpha value is -1.44. The standard InChI is InChI=1S/C8H9BFNO4/c1-15-11-8(12)6-4-5(9(13)14)2-3-7(6)10/h2-4,13-14H,1H3,(H,11,12). The van der Waals surface area contributed by atoms with Crippen molar-refractivity contribution in [2.45, 2.75) is 0 Å². The lowest BCUT2D eigenvalue weighted by Gasteiger charge is -2.05. The van der Waals surface area contributed by atoms with E-state index in [1.54, 1.807) is 0 Å². The Kier molecular flexibility index (Phi) is 3.78. The van der Waals surface area contributed by atoms with Crippen molar-refractivity contribution in [3.8, 4) is 0 Å². The largest absolute Gasteiger partial charge is 0.488 e. The summed E-state index contributed by atoms with van der Waals surface area (Å²) in [4.78, 5) is 15.5. The molecule has 0 aliphatic rings. The molecule has 0 atom stereocenters. The fourth-order valence-electron chi connectivity index (χ4n) is 1.03. The Morgan fingerprint density at radius 3 is 2.73 bits per heavy atom.